The molecule has 0 unspecified atom stereocenters. The lowest BCUT2D eigenvalue weighted by atomic mass is 10.2. The highest BCUT2D eigenvalue weighted by molar-refractivity contribution is 5.86. The van der Waals surface area contributed by atoms with E-state index in [-0.39, 0.29) is 0 Å². The summed E-state index contributed by atoms with van der Waals surface area (Å²) in [5, 5.41) is 0. The van der Waals surface area contributed by atoms with Gasteiger partial charge in [0, 0.05) is 18.0 Å². The number of rotatable bonds is 1. The normalized spacial score (nSPS) is 16.4. The molecule has 1 aliphatic rings. The fourth-order valence-electron chi connectivity index (χ4n) is 0.795. The van der Waals surface area contributed by atoms with E-state index >= 15 is 0 Å². The number of aliphatic imine (C=N–C) groups is 1. The molecule has 1 aliphatic heterocycles. The second-order valence-corrected chi connectivity index (χ2v) is 2.49. The van der Waals surface area contributed by atoms with Gasteiger partial charge in [-0.15, -0.1) is 0 Å². The smallest absolute Gasteiger partial charge is 0.150 e. The maximum absolute atomic E-state index is 10.5. The van der Waals surface area contributed by atoms with Crippen LogP contribution < -0.4 is 0 Å². The molecule has 72 valence electrons. The van der Waals surface area contributed by atoms with Crippen LogP contribution >= 0.6 is 0 Å². The van der Waals surface area contributed by atoms with Gasteiger partial charge in [0.2, 0.25) is 0 Å². The van der Waals surface area contributed by atoms with Crippen LogP contribution in [-0.2, 0) is 9.53 Å². The van der Waals surface area contributed by atoms with Crippen LogP contribution in [0.5, 0.6) is 0 Å². The number of allylic oxidation sites excluding steroid dienone is 5. The number of carbonyl (C=O) groups is 1. The Morgan fingerprint density at radius 2 is 2.36 bits per heavy atom. The molecule has 0 aromatic carbocycles. The summed E-state index contributed by atoms with van der Waals surface area (Å²) in [5.41, 5.74) is 0.562. The summed E-state index contributed by atoms with van der Waals surface area (Å²) >= 11 is 0. The summed E-state index contributed by atoms with van der Waals surface area (Å²) in [4.78, 5) is 14.4. The highest BCUT2D eigenvalue weighted by Crippen LogP contribution is 1.93. The molecule has 0 aliphatic carbocycles. The van der Waals surface area contributed by atoms with Gasteiger partial charge in [-0.05, 0) is 18.2 Å². The van der Waals surface area contributed by atoms with Crippen molar-refractivity contribution in [2.45, 2.75) is 0 Å². The van der Waals surface area contributed by atoms with Gasteiger partial charge in [-0.3, -0.25) is 9.79 Å². The Labute approximate surface area is 82.8 Å². The van der Waals surface area contributed by atoms with E-state index < -0.39 is 0 Å². The Kier molecular flexibility index (Phi) is 4.80. The van der Waals surface area contributed by atoms with Gasteiger partial charge in [0.05, 0.1) is 6.26 Å². The number of ether oxygens (including phenoxy) is 1. The third-order valence-corrected chi connectivity index (χ3v) is 1.45. The molecule has 0 atom stereocenters. The van der Waals surface area contributed by atoms with Crippen molar-refractivity contribution >= 4 is 12.5 Å². The molecule has 3 heteroatoms. The third kappa shape index (κ3) is 4.21. The molecule has 1 heterocycles. The minimum absolute atomic E-state index is 0.492. The third-order valence-electron chi connectivity index (χ3n) is 1.45. The lowest BCUT2D eigenvalue weighted by molar-refractivity contribution is -0.104. The first-order valence-electron chi connectivity index (χ1n) is 4.22. The van der Waals surface area contributed by atoms with Gasteiger partial charge in [-0.2, -0.15) is 0 Å². The van der Waals surface area contributed by atoms with Crippen molar-refractivity contribution < 1.29 is 9.53 Å². The summed E-state index contributed by atoms with van der Waals surface area (Å²) in [6.07, 6.45) is 14.1. The van der Waals surface area contributed by atoms with Crippen LogP contribution in [0.15, 0.2) is 53.4 Å². The summed E-state index contributed by atoms with van der Waals surface area (Å²) in [7, 11) is 0. The van der Waals surface area contributed by atoms with Crippen LogP contribution in [0.1, 0.15) is 0 Å². The molecule has 0 saturated carbocycles. The summed E-state index contributed by atoms with van der Waals surface area (Å²) in [6.45, 7) is 0.492. The molecule has 0 aromatic rings. The van der Waals surface area contributed by atoms with E-state index in [0.717, 1.165) is 6.29 Å². The number of hydrogen-bond acceptors (Lipinski definition) is 3. The Bertz CT molecular complexity index is 322. The first kappa shape index (κ1) is 10.2. The van der Waals surface area contributed by atoms with E-state index in [4.69, 9.17) is 4.74 Å². The van der Waals surface area contributed by atoms with Crippen molar-refractivity contribution in [2.24, 2.45) is 4.99 Å². The molecular formula is C11H11NO2. The summed E-state index contributed by atoms with van der Waals surface area (Å²) in [6, 6.07) is 0. The Morgan fingerprint density at radius 3 is 3.21 bits per heavy atom. The van der Waals surface area contributed by atoms with Crippen LogP contribution in [0.3, 0.4) is 0 Å². The highest BCUT2D eigenvalue weighted by Gasteiger charge is 1.84. The molecule has 0 saturated heterocycles. The first-order chi connectivity index (χ1) is 6.93. The van der Waals surface area contributed by atoms with E-state index in [1.54, 1.807) is 49.1 Å². The Hall–Kier alpha value is -1.90. The molecule has 0 spiro atoms. The summed E-state index contributed by atoms with van der Waals surface area (Å²) < 4.78 is 5.07. The predicted molar refractivity (Wildman–Crippen MR) is 56.0 cm³/mol. The average Bonchev–Trinajstić information content (AvgIpc) is 2.19. The van der Waals surface area contributed by atoms with Crippen LogP contribution in [0.4, 0.5) is 0 Å². The number of aldehydes is 1. The van der Waals surface area contributed by atoms with Crippen LogP contribution in [0, 0.1) is 0 Å². The molecule has 1 rings (SSSR count). The zero-order chi connectivity index (χ0) is 10.1. The van der Waals surface area contributed by atoms with Crippen molar-refractivity contribution in [3.8, 4) is 0 Å². The van der Waals surface area contributed by atoms with Crippen LogP contribution in [-0.4, -0.2) is 19.1 Å². The SMILES string of the molecule is O=CC1=CC=NC=CCOC=CC=C1. The summed E-state index contributed by atoms with van der Waals surface area (Å²) in [5.74, 6) is 0. The zero-order valence-corrected chi connectivity index (χ0v) is 7.67. The van der Waals surface area contributed by atoms with Gasteiger partial charge in [-0.1, -0.05) is 12.2 Å². The molecule has 0 aromatic heterocycles. The quantitative estimate of drug-likeness (QED) is 0.590. The Balaban J connectivity index is 2.78. The maximum atomic E-state index is 10.5. The lowest BCUT2D eigenvalue weighted by Crippen LogP contribution is -1.82. The van der Waals surface area contributed by atoms with Crippen molar-refractivity contribution in [1.82, 2.24) is 0 Å². The van der Waals surface area contributed by atoms with E-state index in [9.17, 15) is 4.79 Å². The zero-order valence-electron chi connectivity index (χ0n) is 7.67. The number of nitrogens with zero attached hydrogens (tertiary/aromatic N) is 1. The van der Waals surface area contributed by atoms with Gasteiger partial charge in [-0.25, -0.2) is 0 Å². The van der Waals surface area contributed by atoms with Gasteiger partial charge >= 0.3 is 0 Å². The fourth-order valence-corrected chi connectivity index (χ4v) is 0.795. The van der Waals surface area contributed by atoms with E-state index in [0.29, 0.717) is 12.2 Å². The molecule has 0 bridgehead atoms. The van der Waals surface area contributed by atoms with Crippen molar-refractivity contribution in [1.29, 1.82) is 0 Å². The van der Waals surface area contributed by atoms with E-state index in [2.05, 4.69) is 4.99 Å². The minimum atomic E-state index is 0.492. The van der Waals surface area contributed by atoms with Crippen molar-refractivity contribution in [3.63, 3.8) is 0 Å². The molecule has 3 nitrogen and oxygen atoms in total. The molecule has 0 fully saturated rings. The van der Waals surface area contributed by atoms with Crippen LogP contribution in [0.25, 0.3) is 0 Å². The lowest BCUT2D eigenvalue weighted by Gasteiger charge is -1.92. The Morgan fingerprint density at radius 1 is 1.43 bits per heavy atom. The molecule has 14 heavy (non-hydrogen) atoms. The second kappa shape index (κ2) is 6.60. The average molecular weight is 189 g/mol. The number of carbonyl (C=O) groups excluding carboxylic acids is 1. The van der Waals surface area contributed by atoms with Crippen molar-refractivity contribution in [3.05, 3.63) is 48.4 Å². The van der Waals surface area contributed by atoms with Gasteiger partial charge in [0.25, 0.3) is 0 Å². The minimum Gasteiger partial charge on any atom is -0.497 e. The highest BCUT2D eigenvalue weighted by atomic mass is 16.5. The van der Waals surface area contributed by atoms with Crippen LogP contribution in [0.2, 0.25) is 0 Å². The van der Waals surface area contributed by atoms with Gasteiger partial charge in [0.1, 0.15) is 12.9 Å². The van der Waals surface area contributed by atoms with Gasteiger partial charge < -0.3 is 4.74 Å². The number of hydrogen-bond donors (Lipinski definition) is 0. The maximum Gasteiger partial charge on any atom is 0.150 e. The second-order valence-electron chi connectivity index (χ2n) is 2.49. The molecule has 0 radical (unpaired) electrons. The van der Waals surface area contributed by atoms with E-state index in [1.165, 1.54) is 0 Å². The molecule has 0 amide bonds. The van der Waals surface area contributed by atoms with Gasteiger partial charge in [0.15, 0.2) is 0 Å². The first-order valence-corrected chi connectivity index (χ1v) is 4.22. The largest absolute Gasteiger partial charge is 0.497 e. The van der Waals surface area contributed by atoms with Crippen molar-refractivity contribution in [2.75, 3.05) is 6.61 Å². The standard InChI is InChI=1S/C11H11NO2/c13-10-11-4-1-2-8-14-9-3-6-12-7-5-11/h1-8,10H,9H2. The van der Waals surface area contributed by atoms with E-state index in [1.807, 2.05) is 0 Å². The topological polar surface area (TPSA) is 38.7 Å². The monoisotopic (exact) mass is 189 g/mol. The predicted octanol–water partition coefficient (Wildman–Crippen LogP) is 1.80. The fraction of sp³-hybridized carbons (Fsp3) is 0.0909. The molecule has 0 N–H and O–H groups in total. The molecular weight excluding hydrogens is 178 g/mol.